The Kier molecular flexibility index (Phi) is 3.62. The number of rotatable bonds is 4. The molecule has 0 aliphatic heterocycles. The molecule has 0 saturated carbocycles. The van der Waals surface area contributed by atoms with E-state index >= 15 is 0 Å². The minimum atomic E-state index is 0.354. The molecule has 0 radical (unpaired) electrons. The normalized spacial score (nSPS) is 10.3. The van der Waals surface area contributed by atoms with Crippen LogP contribution in [0.5, 0.6) is 5.75 Å². The van der Waals surface area contributed by atoms with Gasteiger partial charge in [0, 0.05) is 18.8 Å². The van der Waals surface area contributed by atoms with Crippen LogP contribution < -0.4 is 10.5 Å². The molecule has 0 atom stereocenters. The molecule has 0 aliphatic rings. The van der Waals surface area contributed by atoms with E-state index in [9.17, 15) is 0 Å². The highest BCUT2D eigenvalue weighted by atomic mass is 32.1. The van der Waals surface area contributed by atoms with Crippen LogP contribution in [-0.4, -0.2) is 21.4 Å². The second-order valence-corrected chi connectivity index (χ2v) is 4.33. The Morgan fingerprint density at radius 3 is 2.61 bits per heavy atom. The van der Waals surface area contributed by atoms with Crippen molar-refractivity contribution in [1.82, 2.24) is 9.78 Å². The van der Waals surface area contributed by atoms with Gasteiger partial charge in [-0.2, -0.15) is 5.10 Å². The molecule has 1 aromatic heterocycles. The second kappa shape index (κ2) is 5.18. The van der Waals surface area contributed by atoms with Crippen LogP contribution in [0.2, 0.25) is 0 Å². The van der Waals surface area contributed by atoms with Crippen molar-refractivity contribution in [2.45, 2.75) is 6.92 Å². The van der Waals surface area contributed by atoms with E-state index < -0.39 is 0 Å². The van der Waals surface area contributed by atoms with Gasteiger partial charge in [0.15, 0.2) is 0 Å². The lowest BCUT2D eigenvalue weighted by molar-refractivity contribution is 0.340. The van der Waals surface area contributed by atoms with Crippen molar-refractivity contribution in [3.63, 3.8) is 0 Å². The van der Waals surface area contributed by atoms with Crippen molar-refractivity contribution < 1.29 is 4.74 Å². The zero-order valence-electron chi connectivity index (χ0n) is 10.4. The molecule has 18 heavy (non-hydrogen) atoms. The van der Waals surface area contributed by atoms with Crippen LogP contribution >= 0.6 is 12.2 Å². The Hall–Kier alpha value is -1.88. The van der Waals surface area contributed by atoms with Gasteiger partial charge in [0.2, 0.25) is 0 Å². The van der Waals surface area contributed by atoms with Gasteiger partial charge in [0.05, 0.1) is 12.2 Å². The lowest BCUT2D eigenvalue weighted by Crippen LogP contribution is -2.09. The van der Waals surface area contributed by atoms with E-state index in [1.54, 1.807) is 4.68 Å². The SMILES string of the molecule is CCOc1ccc(-c2nn(C)cc2C(N)=S)cc1. The molecular formula is C13H15N3OS. The average molecular weight is 261 g/mol. The first-order valence-electron chi connectivity index (χ1n) is 5.68. The predicted molar refractivity (Wildman–Crippen MR) is 75.7 cm³/mol. The summed E-state index contributed by atoms with van der Waals surface area (Å²) < 4.78 is 7.11. The molecule has 1 heterocycles. The molecule has 2 N–H and O–H groups in total. The first kappa shape index (κ1) is 12.6. The molecule has 94 valence electrons. The van der Waals surface area contributed by atoms with Crippen molar-refractivity contribution in [1.29, 1.82) is 0 Å². The van der Waals surface area contributed by atoms with Crippen molar-refractivity contribution >= 4 is 17.2 Å². The molecular weight excluding hydrogens is 246 g/mol. The van der Waals surface area contributed by atoms with Crippen LogP contribution in [0.25, 0.3) is 11.3 Å². The Balaban J connectivity index is 2.39. The van der Waals surface area contributed by atoms with Crippen LogP contribution in [0.1, 0.15) is 12.5 Å². The third-order valence-corrected chi connectivity index (χ3v) is 2.75. The van der Waals surface area contributed by atoms with Gasteiger partial charge < -0.3 is 10.5 Å². The number of hydrogen-bond acceptors (Lipinski definition) is 3. The molecule has 0 fully saturated rings. The zero-order chi connectivity index (χ0) is 13.1. The molecule has 5 heteroatoms. The lowest BCUT2D eigenvalue weighted by atomic mass is 10.1. The topological polar surface area (TPSA) is 53.1 Å². The van der Waals surface area contributed by atoms with Crippen molar-refractivity contribution in [2.24, 2.45) is 12.8 Å². The summed E-state index contributed by atoms with van der Waals surface area (Å²) in [5.41, 5.74) is 8.26. The van der Waals surface area contributed by atoms with Gasteiger partial charge in [0.1, 0.15) is 16.4 Å². The van der Waals surface area contributed by atoms with Crippen LogP contribution in [-0.2, 0) is 7.05 Å². The van der Waals surface area contributed by atoms with Gasteiger partial charge in [0.25, 0.3) is 0 Å². The highest BCUT2D eigenvalue weighted by molar-refractivity contribution is 7.80. The highest BCUT2D eigenvalue weighted by Gasteiger charge is 2.12. The maximum atomic E-state index is 5.70. The number of thiocarbonyl (C=S) groups is 1. The maximum Gasteiger partial charge on any atom is 0.119 e. The molecule has 0 amide bonds. The molecule has 4 nitrogen and oxygen atoms in total. The van der Waals surface area contributed by atoms with E-state index in [4.69, 9.17) is 22.7 Å². The number of nitrogens with two attached hydrogens (primary N) is 1. The first-order chi connectivity index (χ1) is 8.61. The van der Waals surface area contributed by atoms with Gasteiger partial charge in [-0.1, -0.05) is 12.2 Å². The molecule has 0 unspecified atom stereocenters. The fourth-order valence-corrected chi connectivity index (χ4v) is 1.91. The van der Waals surface area contributed by atoms with E-state index in [1.807, 2.05) is 44.4 Å². The first-order valence-corrected chi connectivity index (χ1v) is 6.09. The molecule has 0 spiro atoms. The zero-order valence-corrected chi connectivity index (χ0v) is 11.2. The fourth-order valence-electron chi connectivity index (χ4n) is 1.76. The summed E-state index contributed by atoms with van der Waals surface area (Å²) >= 11 is 5.03. The number of hydrogen-bond donors (Lipinski definition) is 1. The molecule has 2 rings (SSSR count). The monoisotopic (exact) mass is 261 g/mol. The molecule has 0 aliphatic carbocycles. The standard InChI is InChI=1S/C13H15N3OS/c1-3-17-10-6-4-9(5-7-10)12-11(13(14)18)8-16(2)15-12/h4-8H,3H2,1-2H3,(H2,14,18). The fraction of sp³-hybridized carbons (Fsp3) is 0.231. The minimum Gasteiger partial charge on any atom is -0.494 e. The Morgan fingerprint density at radius 1 is 1.39 bits per heavy atom. The average Bonchev–Trinajstić information content (AvgIpc) is 2.73. The summed E-state index contributed by atoms with van der Waals surface area (Å²) in [5.74, 6) is 0.842. The molecule has 2 aromatic rings. The maximum absolute atomic E-state index is 5.70. The summed E-state index contributed by atoms with van der Waals surface area (Å²) in [6, 6.07) is 7.73. The Morgan fingerprint density at radius 2 is 2.06 bits per heavy atom. The van der Waals surface area contributed by atoms with E-state index in [0.717, 1.165) is 22.6 Å². The third kappa shape index (κ3) is 2.51. The second-order valence-electron chi connectivity index (χ2n) is 3.89. The van der Waals surface area contributed by atoms with Crippen LogP contribution in [0, 0.1) is 0 Å². The van der Waals surface area contributed by atoms with E-state index in [0.29, 0.717) is 11.6 Å². The number of aromatic nitrogens is 2. The number of benzene rings is 1. The number of nitrogens with zero attached hydrogens (tertiary/aromatic N) is 2. The Bertz CT molecular complexity index is 560. The predicted octanol–water partition coefficient (Wildman–Crippen LogP) is 2.12. The molecule has 0 saturated heterocycles. The minimum absolute atomic E-state index is 0.354. The van der Waals surface area contributed by atoms with Gasteiger partial charge in [-0.3, -0.25) is 4.68 Å². The lowest BCUT2D eigenvalue weighted by Gasteiger charge is -2.04. The summed E-state index contributed by atoms with van der Waals surface area (Å²) in [7, 11) is 1.85. The van der Waals surface area contributed by atoms with Crippen LogP contribution in [0.4, 0.5) is 0 Å². The molecule has 1 aromatic carbocycles. The number of aryl methyl sites for hydroxylation is 1. The van der Waals surface area contributed by atoms with Crippen molar-refractivity contribution in [3.8, 4) is 17.0 Å². The van der Waals surface area contributed by atoms with Crippen molar-refractivity contribution in [3.05, 3.63) is 36.0 Å². The van der Waals surface area contributed by atoms with Crippen LogP contribution in [0.15, 0.2) is 30.5 Å². The van der Waals surface area contributed by atoms with Gasteiger partial charge in [-0.15, -0.1) is 0 Å². The van der Waals surface area contributed by atoms with E-state index in [-0.39, 0.29) is 0 Å². The summed E-state index contributed by atoms with van der Waals surface area (Å²) in [6.45, 7) is 2.61. The van der Waals surface area contributed by atoms with E-state index in [2.05, 4.69) is 5.10 Å². The van der Waals surface area contributed by atoms with Gasteiger partial charge in [-0.25, -0.2) is 0 Å². The third-order valence-electron chi connectivity index (χ3n) is 2.53. The Labute approximate surface area is 111 Å². The number of ether oxygens (including phenoxy) is 1. The largest absolute Gasteiger partial charge is 0.494 e. The van der Waals surface area contributed by atoms with Gasteiger partial charge in [-0.05, 0) is 31.2 Å². The smallest absolute Gasteiger partial charge is 0.119 e. The molecule has 0 bridgehead atoms. The van der Waals surface area contributed by atoms with E-state index in [1.165, 1.54) is 0 Å². The quantitative estimate of drug-likeness (QED) is 0.857. The highest BCUT2D eigenvalue weighted by Crippen LogP contribution is 2.24. The summed E-state index contributed by atoms with van der Waals surface area (Å²) in [5, 5.41) is 4.39. The summed E-state index contributed by atoms with van der Waals surface area (Å²) in [6.07, 6.45) is 1.83. The summed E-state index contributed by atoms with van der Waals surface area (Å²) in [4.78, 5) is 0.354. The van der Waals surface area contributed by atoms with Gasteiger partial charge >= 0.3 is 0 Å². The van der Waals surface area contributed by atoms with Crippen LogP contribution in [0.3, 0.4) is 0 Å². The van der Waals surface area contributed by atoms with Crippen molar-refractivity contribution in [2.75, 3.05) is 6.61 Å².